The number of aryl methyl sites for hydroxylation is 1. The first-order valence-corrected chi connectivity index (χ1v) is 7.20. The van der Waals surface area contributed by atoms with Crippen molar-refractivity contribution in [1.82, 2.24) is 0 Å². The Morgan fingerprint density at radius 3 is 2.61 bits per heavy atom. The predicted molar refractivity (Wildman–Crippen MR) is 67.8 cm³/mol. The summed E-state index contributed by atoms with van der Waals surface area (Å²) in [5.74, 6) is 0. The van der Waals surface area contributed by atoms with Crippen LogP contribution in [0.2, 0.25) is 0 Å². The minimum atomic E-state index is -3.67. The Bertz CT molecular complexity index is 529. The van der Waals surface area contributed by atoms with Gasteiger partial charge in [0.25, 0.3) is 10.1 Å². The van der Waals surface area contributed by atoms with Gasteiger partial charge in [0.1, 0.15) is 0 Å². The topological polar surface area (TPSA) is 52.6 Å². The Balaban J connectivity index is 2.03. The molecule has 1 heterocycles. The van der Waals surface area contributed by atoms with Crippen LogP contribution in [0.5, 0.6) is 0 Å². The van der Waals surface area contributed by atoms with Crippen molar-refractivity contribution in [3.63, 3.8) is 0 Å². The van der Waals surface area contributed by atoms with Crippen LogP contribution in [-0.4, -0.2) is 28.2 Å². The average Bonchev–Trinajstić information content (AvgIpc) is 2.38. The van der Waals surface area contributed by atoms with Gasteiger partial charge in [-0.2, -0.15) is 8.42 Å². The molecule has 0 radical (unpaired) electrons. The van der Waals surface area contributed by atoms with Crippen LogP contribution in [0, 0.1) is 6.92 Å². The lowest BCUT2D eigenvalue weighted by molar-refractivity contribution is 0.142. The molecule has 1 aliphatic rings. The van der Waals surface area contributed by atoms with Crippen LogP contribution in [-0.2, 0) is 19.0 Å². The summed E-state index contributed by atoms with van der Waals surface area (Å²) in [5, 5.41) is 0. The molecule has 2 rings (SSSR count). The molecule has 0 fully saturated rings. The first-order valence-electron chi connectivity index (χ1n) is 5.80. The maximum atomic E-state index is 11.9. The number of hydrogen-bond donors (Lipinski definition) is 0. The molecule has 98 valence electrons. The van der Waals surface area contributed by atoms with E-state index in [-0.39, 0.29) is 11.5 Å². The second-order valence-corrected chi connectivity index (χ2v) is 5.85. The van der Waals surface area contributed by atoms with E-state index in [1.54, 1.807) is 24.3 Å². The third-order valence-corrected chi connectivity index (χ3v) is 3.97. The molecule has 0 N–H and O–H groups in total. The third-order valence-electron chi connectivity index (χ3n) is 2.69. The van der Waals surface area contributed by atoms with Crippen LogP contribution in [0.4, 0.5) is 0 Å². The van der Waals surface area contributed by atoms with Crippen LogP contribution < -0.4 is 0 Å². The smallest absolute Gasteiger partial charge is 0.297 e. The fourth-order valence-corrected chi connectivity index (χ4v) is 2.55. The maximum absolute atomic E-state index is 11.9. The van der Waals surface area contributed by atoms with Crippen molar-refractivity contribution >= 4 is 10.1 Å². The molecule has 0 unspecified atom stereocenters. The minimum absolute atomic E-state index is 0.0657. The van der Waals surface area contributed by atoms with Crippen molar-refractivity contribution in [3.05, 3.63) is 41.5 Å². The average molecular weight is 268 g/mol. The molecule has 18 heavy (non-hydrogen) atoms. The van der Waals surface area contributed by atoms with Crippen molar-refractivity contribution < 1.29 is 17.3 Å². The van der Waals surface area contributed by atoms with Gasteiger partial charge in [0, 0.05) is 0 Å². The van der Waals surface area contributed by atoms with Crippen LogP contribution in [0.25, 0.3) is 0 Å². The van der Waals surface area contributed by atoms with E-state index in [0.717, 1.165) is 17.6 Å². The molecule has 1 aromatic rings. The maximum Gasteiger partial charge on any atom is 0.297 e. The Morgan fingerprint density at radius 1 is 1.28 bits per heavy atom. The highest BCUT2D eigenvalue weighted by molar-refractivity contribution is 7.86. The van der Waals surface area contributed by atoms with Crippen molar-refractivity contribution in [3.8, 4) is 0 Å². The highest BCUT2D eigenvalue weighted by Gasteiger charge is 2.16. The molecule has 0 saturated heterocycles. The van der Waals surface area contributed by atoms with E-state index in [1.807, 2.05) is 13.0 Å². The molecule has 0 saturated carbocycles. The summed E-state index contributed by atoms with van der Waals surface area (Å²) >= 11 is 0. The molecule has 0 amide bonds. The van der Waals surface area contributed by atoms with E-state index in [9.17, 15) is 8.42 Å². The molecule has 5 heteroatoms. The second-order valence-electron chi connectivity index (χ2n) is 4.23. The summed E-state index contributed by atoms with van der Waals surface area (Å²) in [6.45, 7) is 3.11. The Hall–Kier alpha value is -1.17. The molecular weight excluding hydrogens is 252 g/mol. The van der Waals surface area contributed by atoms with Gasteiger partial charge < -0.3 is 4.74 Å². The van der Waals surface area contributed by atoms with Crippen molar-refractivity contribution in [2.45, 2.75) is 18.2 Å². The van der Waals surface area contributed by atoms with Gasteiger partial charge in [0.05, 0.1) is 24.7 Å². The van der Waals surface area contributed by atoms with Gasteiger partial charge in [0.15, 0.2) is 0 Å². The quantitative estimate of drug-likeness (QED) is 0.619. The van der Waals surface area contributed by atoms with Crippen molar-refractivity contribution in [2.24, 2.45) is 0 Å². The molecular formula is C13H16O4S. The summed E-state index contributed by atoms with van der Waals surface area (Å²) in [7, 11) is -3.67. The van der Waals surface area contributed by atoms with Crippen LogP contribution in [0.3, 0.4) is 0 Å². The SMILES string of the molecule is Cc1ccc(S(=O)(=O)OCC2=CCCOC2)cc1. The Kier molecular flexibility index (Phi) is 4.16. The zero-order valence-corrected chi connectivity index (χ0v) is 11.1. The summed E-state index contributed by atoms with van der Waals surface area (Å²) in [6, 6.07) is 6.60. The first kappa shape index (κ1) is 13.3. The zero-order valence-electron chi connectivity index (χ0n) is 10.3. The Morgan fingerprint density at radius 2 is 2.00 bits per heavy atom. The summed E-state index contributed by atoms with van der Waals surface area (Å²) in [6.07, 6.45) is 2.78. The minimum Gasteiger partial charge on any atom is -0.377 e. The van der Waals surface area contributed by atoms with Gasteiger partial charge in [-0.25, -0.2) is 0 Å². The zero-order chi connectivity index (χ0) is 13.0. The van der Waals surface area contributed by atoms with Crippen molar-refractivity contribution in [1.29, 1.82) is 0 Å². The second kappa shape index (κ2) is 5.65. The van der Waals surface area contributed by atoms with Crippen LogP contribution in [0.1, 0.15) is 12.0 Å². The van der Waals surface area contributed by atoms with Gasteiger partial charge >= 0.3 is 0 Å². The van der Waals surface area contributed by atoms with Gasteiger partial charge in [-0.3, -0.25) is 4.18 Å². The molecule has 0 aromatic heterocycles. The van der Waals surface area contributed by atoms with Crippen LogP contribution >= 0.6 is 0 Å². The monoisotopic (exact) mass is 268 g/mol. The summed E-state index contributed by atoms with van der Waals surface area (Å²) in [4.78, 5) is 0.186. The van der Waals surface area contributed by atoms with Gasteiger partial charge in [-0.15, -0.1) is 0 Å². The number of ether oxygens (including phenoxy) is 1. The number of rotatable bonds is 4. The van der Waals surface area contributed by atoms with E-state index in [2.05, 4.69) is 0 Å². The van der Waals surface area contributed by atoms with Gasteiger partial charge in [-0.05, 0) is 31.1 Å². The Labute approximate surface area is 107 Å². The van der Waals surface area contributed by atoms with Crippen molar-refractivity contribution in [2.75, 3.05) is 19.8 Å². The van der Waals surface area contributed by atoms with Crippen LogP contribution in [0.15, 0.2) is 40.8 Å². The lowest BCUT2D eigenvalue weighted by Gasteiger charge is -2.13. The predicted octanol–water partition coefficient (Wildman–Crippen LogP) is 2.05. The van der Waals surface area contributed by atoms with Gasteiger partial charge in [0.2, 0.25) is 0 Å². The van der Waals surface area contributed by atoms with E-state index < -0.39 is 10.1 Å². The summed E-state index contributed by atoms with van der Waals surface area (Å²) in [5.41, 5.74) is 1.88. The number of benzene rings is 1. The molecule has 0 aliphatic carbocycles. The molecule has 0 atom stereocenters. The van der Waals surface area contributed by atoms with E-state index in [4.69, 9.17) is 8.92 Å². The highest BCUT2D eigenvalue weighted by Crippen LogP contribution is 2.15. The van der Waals surface area contributed by atoms with Gasteiger partial charge in [-0.1, -0.05) is 23.8 Å². The normalized spacial score (nSPS) is 16.4. The summed E-state index contributed by atoms with van der Waals surface area (Å²) < 4.78 is 34.0. The fourth-order valence-electron chi connectivity index (χ4n) is 1.64. The molecule has 4 nitrogen and oxygen atoms in total. The number of hydrogen-bond acceptors (Lipinski definition) is 4. The molecule has 1 aromatic carbocycles. The molecule has 0 bridgehead atoms. The first-order chi connectivity index (χ1) is 8.58. The molecule has 1 aliphatic heterocycles. The lowest BCUT2D eigenvalue weighted by atomic mass is 10.2. The van der Waals surface area contributed by atoms with E-state index in [0.29, 0.717) is 13.2 Å². The van der Waals surface area contributed by atoms with E-state index >= 15 is 0 Å². The lowest BCUT2D eigenvalue weighted by Crippen LogP contribution is -2.14. The fraction of sp³-hybridized carbons (Fsp3) is 0.385. The highest BCUT2D eigenvalue weighted by atomic mass is 32.2. The largest absolute Gasteiger partial charge is 0.377 e. The standard InChI is InChI=1S/C13H16O4S/c1-11-4-6-13(7-5-11)18(14,15)17-10-12-3-2-8-16-9-12/h3-7H,2,8-10H2,1H3. The third kappa shape index (κ3) is 3.41. The van der Waals surface area contributed by atoms with E-state index in [1.165, 1.54) is 0 Å². The molecule has 0 spiro atoms.